The standard InChI is InChI=1S/C28H32FN11O2/c1-19(20-4-5-23(31-16-20)40-18-21(29)17-32-40)33-26(41)28(42-3)7-10-38(11-8-28)25-22-6-9-30-24(22)34-27(35-25)36-39-14-12-37(2)13-15-39/h4-6,9,12-19H,7-8,10-11H2,1-3H3,(H,33,41)(H2,30,34,35,36)/t19-/m0/s1. The Hall–Kier alpha value is -4.98. The number of fused-ring (bicyclic) bond motifs is 1. The van der Waals surface area contributed by atoms with Crippen molar-refractivity contribution >= 4 is 28.7 Å². The van der Waals surface area contributed by atoms with Crippen molar-refractivity contribution in [2.75, 3.05) is 37.6 Å². The van der Waals surface area contributed by atoms with E-state index in [1.807, 2.05) is 62.0 Å². The van der Waals surface area contributed by atoms with Crippen LogP contribution in [-0.4, -0.2) is 78.4 Å². The second-order valence-corrected chi connectivity index (χ2v) is 10.3. The van der Waals surface area contributed by atoms with E-state index in [4.69, 9.17) is 9.72 Å². The molecule has 1 atom stereocenters. The monoisotopic (exact) mass is 573 g/mol. The first-order chi connectivity index (χ1) is 20.3. The highest BCUT2D eigenvalue weighted by molar-refractivity contribution is 5.89. The van der Waals surface area contributed by atoms with Gasteiger partial charge in [0.15, 0.2) is 11.6 Å². The SMILES string of the molecule is COC1(C(=O)N[C@@H](C)c2ccc(-n3cc(F)cn3)nc2)CCN(c2nc(NN3C=CN(C)C=C3)nc3[nH]ccc23)CC1. The van der Waals surface area contributed by atoms with Gasteiger partial charge in [0.05, 0.1) is 23.8 Å². The molecule has 1 fully saturated rings. The molecule has 6 rings (SSSR count). The summed E-state index contributed by atoms with van der Waals surface area (Å²) in [5.41, 5.74) is 3.76. The van der Waals surface area contributed by atoms with Gasteiger partial charge in [-0.3, -0.25) is 15.2 Å². The zero-order chi connectivity index (χ0) is 29.3. The number of aromatic amines is 1. The van der Waals surface area contributed by atoms with Gasteiger partial charge in [-0.2, -0.15) is 15.1 Å². The minimum atomic E-state index is -0.981. The Kier molecular flexibility index (Phi) is 7.20. The van der Waals surface area contributed by atoms with E-state index < -0.39 is 11.4 Å². The highest BCUT2D eigenvalue weighted by Gasteiger charge is 2.42. The van der Waals surface area contributed by atoms with Gasteiger partial charge in [0.2, 0.25) is 5.95 Å². The summed E-state index contributed by atoms with van der Waals surface area (Å²) in [5, 5.41) is 9.71. The Morgan fingerprint density at radius 1 is 1.12 bits per heavy atom. The highest BCUT2D eigenvalue weighted by Crippen LogP contribution is 2.33. The maximum Gasteiger partial charge on any atom is 0.252 e. The van der Waals surface area contributed by atoms with Crippen LogP contribution in [0.1, 0.15) is 31.4 Å². The van der Waals surface area contributed by atoms with E-state index in [-0.39, 0.29) is 11.9 Å². The predicted octanol–water partition coefficient (Wildman–Crippen LogP) is 3.06. The topological polar surface area (TPSA) is 132 Å². The van der Waals surface area contributed by atoms with E-state index in [9.17, 15) is 9.18 Å². The van der Waals surface area contributed by atoms with Crippen LogP contribution in [0.15, 0.2) is 67.8 Å². The number of hydrogen-bond acceptors (Lipinski definition) is 10. The highest BCUT2D eigenvalue weighted by atomic mass is 19.1. The maximum absolute atomic E-state index is 13.5. The second kappa shape index (κ2) is 11.1. The molecular weight excluding hydrogens is 541 g/mol. The quantitative estimate of drug-likeness (QED) is 0.289. The molecule has 0 aromatic carbocycles. The number of pyridine rings is 1. The van der Waals surface area contributed by atoms with Crippen molar-refractivity contribution < 1.29 is 13.9 Å². The lowest BCUT2D eigenvalue weighted by Gasteiger charge is -2.40. The van der Waals surface area contributed by atoms with Gasteiger partial charge in [-0.05, 0) is 24.6 Å². The molecule has 1 saturated heterocycles. The zero-order valence-electron chi connectivity index (χ0n) is 23.5. The van der Waals surface area contributed by atoms with Crippen molar-refractivity contribution in [1.29, 1.82) is 0 Å². The van der Waals surface area contributed by atoms with Crippen LogP contribution in [0.2, 0.25) is 0 Å². The molecule has 13 nitrogen and oxygen atoms in total. The lowest BCUT2D eigenvalue weighted by molar-refractivity contribution is -0.146. The summed E-state index contributed by atoms with van der Waals surface area (Å²) in [6.45, 7) is 3.03. The average Bonchev–Trinajstić information content (AvgIpc) is 3.67. The van der Waals surface area contributed by atoms with Crippen LogP contribution >= 0.6 is 0 Å². The largest absolute Gasteiger partial charge is 0.368 e. The Labute approximate surface area is 241 Å². The van der Waals surface area contributed by atoms with E-state index in [1.54, 1.807) is 24.4 Å². The number of aromatic nitrogens is 6. The minimum absolute atomic E-state index is 0.180. The third-order valence-electron chi connectivity index (χ3n) is 7.63. The molecule has 4 aromatic rings. The molecule has 0 bridgehead atoms. The molecule has 42 heavy (non-hydrogen) atoms. The molecular formula is C28H32FN11O2. The first-order valence-electron chi connectivity index (χ1n) is 13.6. The Morgan fingerprint density at radius 3 is 2.57 bits per heavy atom. The van der Waals surface area contributed by atoms with Gasteiger partial charge in [0.25, 0.3) is 5.91 Å². The van der Waals surface area contributed by atoms with Gasteiger partial charge < -0.3 is 24.8 Å². The fourth-order valence-electron chi connectivity index (χ4n) is 5.09. The van der Waals surface area contributed by atoms with E-state index in [0.717, 1.165) is 28.6 Å². The average molecular weight is 574 g/mol. The fourth-order valence-corrected chi connectivity index (χ4v) is 5.09. The second-order valence-electron chi connectivity index (χ2n) is 10.3. The molecule has 0 spiro atoms. The van der Waals surface area contributed by atoms with Crippen LogP contribution in [0, 0.1) is 5.82 Å². The van der Waals surface area contributed by atoms with Crippen molar-refractivity contribution in [3.8, 4) is 5.82 Å². The molecule has 14 heteroatoms. The molecule has 0 radical (unpaired) electrons. The number of halogens is 1. The summed E-state index contributed by atoms with van der Waals surface area (Å²) in [6.07, 6.45) is 14.4. The number of methoxy groups -OCH3 is 1. The van der Waals surface area contributed by atoms with Crippen molar-refractivity contribution in [2.24, 2.45) is 0 Å². The van der Waals surface area contributed by atoms with Crippen LogP contribution in [0.5, 0.6) is 0 Å². The molecule has 3 N–H and O–H groups in total. The number of piperidine rings is 1. The number of H-pyrrole nitrogens is 1. The van der Waals surface area contributed by atoms with Crippen LogP contribution in [0.25, 0.3) is 16.9 Å². The van der Waals surface area contributed by atoms with Crippen LogP contribution in [0.3, 0.4) is 0 Å². The normalized spacial score (nSPS) is 17.1. The number of nitrogens with one attached hydrogen (secondary N) is 3. The van der Waals surface area contributed by atoms with Gasteiger partial charge >= 0.3 is 0 Å². The van der Waals surface area contributed by atoms with Gasteiger partial charge in [-0.15, -0.1) is 0 Å². The van der Waals surface area contributed by atoms with E-state index in [1.165, 1.54) is 10.9 Å². The maximum atomic E-state index is 13.5. The molecule has 2 aliphatic rings. The molecule has 0 saturated carbocycles. The third kappa shape index (κ3) is 5.35. The van der Waals surface area contributed by atoms with E-state index >= 15 is 0 Å². The molecule has 4 aromatic heterocycles. The predicted molar refractivity (Wildman–Crippen MR) is 154 cm³/mol. The lowest BCUT2D eigenvalue weighted by atomic mass is 9.89. The molecule has 1 amide bonds. The minimum Gasteiger partial charge on any atom is -0.368 e. The number of anilines is 2. The first kappa shape index (κ1) is 27.2. The smallest absolute Gasteiger partial charge is 0.252 e. The van der Waals surface area contributed by atoms with Crippen molar-refractivity contribution in [3.63, 3.8) is 0 Å². The Balaban J connectivity index is 1.13. The number of hydrazine groups is 1. The zero-order valence-corrected chi connectivity index (χ0v) is 23.5. The summed E-state index contributed by atoms with van der Waals surface area (Å²) in [5.74, 6) is 1.10. The van der Waals surface area contributed by atoms with Crippen LogP contribution in [-0.2, 0) is 9.53 Å². The lowest BCUT2D eigenvalue weighted by Crippen LogP contribution is -2.55. The molecule has 218 valence electrons. The summed E-state index contributed by atoms with van der Waals surface area (Å²) in [7, 11) is 3.52. The van der Waals surface area contributed by atoms with Crippen molar-refractivity contribution in [2.45, 2.75) is 31.4 Å². The number of amides is 1. The molecule has 6 heterocycles. The molecule has 2 aliphatic heterocycles. The third-order valence-corrected chi connectivity index (χ3v) is 7.63. The summed E-state index contributed by atoms with van der Waals surface area (Å²) >= 11 is 0. The fraction of sp³-hybridized carbons (Fsp3) is 0.321. The van der Waals surface area contributed by atoms with Gasteiger partial charge in [0.1, 0.15) is 17.1 Å². The van der Waals surface area contributed by atoms with Crippen molar-refractivity contribution in [3.05, 3.63) is 79.2 Å². The molecule has 0 unspecified atom stereocenters. The van der Waals surface area contributed by atoms with Crippen molar-refractivity contribution in [1.82, 2.24) is 44.9 Å². The Morgan fingerprint density at radius 2 is 1.90 bits per heavy atom. The molecule has 0 aliphatic carbocycles. The number of nitrogens with zero attached hydrogens (tertiary/aromatic N) is 8. The van der Waals surface area contributed by atoms with Gasteiger partial charge in [-0.1, -0.05) is 6.07 Å². The number of carbonyl (C=O) groups excluding carboxylic acids is 1. The van der Waals surface area contributed by atoms with E-state index in [0.29, 0.717) is 37.7 Å². The number of hydrogen-bond donors (Lipinski definition) is 3. The number of carbonyl (C=O) groups is 1. The first-order valence-corrected chi connectivity index (χ1v) is 13.6. The van der Waals surface area contributed by atoms with Crippen LogP contribution < -0.4 is 15.6 Å². The number of rotatable bonds is 8. The van der Waals surface area contributed by atoms with E-state index in [2.05, 4.69) is 35.7 Å². The van der Waals surface area contributed by atoms with Crippen LogP contribution in [0.4, 0.5) is 16.2 Å². The summed E-state index contributed by atoms with van der Waals surface area (Å²) in [6, 6.07) is 5.22. The number of ether oxygens (including phenoxy) is 1. The van der Waals surface area contributed by atoms with Gasteiger partial charge in [0, 0.05) is 77.3 Å². The summed E-state index contributed by atoms with van der Waals surface area (Å²) in [4.78, 5) is 34.6. The Bertz CT molecular complexity index is 1610. The summed E-state index contributed by atoms with van der Waals surface area (Å²) < 4.78 is 20.5. The van der Waals surface area contributed by atoms with Gasteiger partial charge in [-0.25, -0.2) is 14.1 Å².